The first-order valence-corrected chi connectivity index (χ1v) is 7.71. The summed E-state index contributed by atoms with van der Waals surface area (Å²) < 4.78 is 24.5. The molecule has 0 radical (unpaired) electrons. The molecule has 0 aliphatic carbocycles. The zero-order chi connectivity index (χ0) is 14.8. The van der Waals surface area contributed by atoms with Crippen LogP contribution >= 0.6 is 0 Å². The number of aromatic nitrogens is 2. The van der Waals surface area contributed by atoms with Crippen molar-refractivity contribution in [3.8, 4) is 0 Å². The Morgan fingerprint density at radius 1 is 1.45 bits per heavy atom. The molecule has 1 aliphatic heterocycles. The summed E-state index contributed by atoms with van der Waals surface area (Å²) in [5.74, 6) is 0.612. The lowest BCUT2D eigenvalue weighted by Crippen LogP contribution is -2.52. The predicted octanol–water partition coefficient (Wildman–Crippen LogP) is 0.0782. The number of rotatable bonds is 6. The lowest BCUT2D eigenvalue weighted by atomic mass is 10.0. The van der Waals surface area contributed by atoms with Gasteiger partial charge in [-0.25, -0.2) is 22.7 Å². The van der Waals surface area contributed by atoms with E-state index in [4.69, 9.17) is 0 Å². The molecule has 1 saturated heterocycles. The van der Waals surface area contributed by atoms with Gasteiger partial charge in [0, 0.05) is 25.6 Å². The normalized spacial score (nSPS) is 16.6. The first-order chi connectivity index (χ1) is 9.42. The highest BCUT2D eigenvalue weighted by molar-refractivity contribution is 7.89. The van der Waals surface area contributed by atoms with Crippen LogP contribution in [-0.4, -0.2) is 53.0 Å². The zero-order valence-corrected chi connectivity index (χ0v) is 11.7. The molecule has 0 bridgehead atoms. The highest BCUT2D eigenvalue weighted by Gasteiger charge is 2.34. The average Bonchev–Trinajstić information content (AvgIpc) is 2.37. The van der Waals surface area contributed by atoms with Gasteiger partial charge >= 0.3 is 5.69 Å². The van der Waals surface area contributed by atoms with E-state index in [1.54, 1.807) is 6.92 Å². The van der Waals surface area contributed by atoms with E-state index < -0.39 is 14.9 Å². The van der Waals surface area contributed by atoms with Crippen LogP contribution < -0.4 is 5.32 Å². The third-order valence-corrected chi connectivity index (χ3v) is 4.89. The van der Waals surface area contributed by atoms with E-state index in [-0.39, 0.29) is 17.4 Å². The summed E-state index contributed by atoms with van der Waals surface area (Å²) in [6.45, 7) is 3.12. The van der Waals surface area contributed by atoms with Crippen molar-refractivity contribution >= 4 is 21.7 Å². The fourth-order valence-electron chi connectivity index (χ4n) is 1.80. The monoisotopic (exact) mass is 301 g/mol. The van der Waals surface area contributed by atoms with Crippen LogP contribution in [0.25, 0.3) is 0 Å². The molecule has 0 unspecified atom stereocenters. The maximum absolute atomic E-state index is 11.5. The van der Waals surface area contributed by atoms with Crippen LogP contribution in [-0.2, 0) is 10.0 Å². The Hall–Kier alpha value is -1.81. The minimum absolute atomic E-state index is 0.110. The maximum Gasteiger partial charge on any atom is 0.305 e. The summed E-state index contributed by atoms with van der Waals surface area (Å²) in [5, 5.41) is 13.4. The van der Waals surface area contributed by atoms with Crippen molar-refractivity contribution in [1.82, 2.24) is 14.3 Å². The number of sulfonamides is 1. The summed E-state index contributed by atoms with van der Waals surface area (Å²) in [5.41, 5.74) is -0.167. The van der Waals surface area contributed by atoms with Crippen molar-refractivity contribution in [1.29, 1.82) is 0 Å². The van der Waals surface area contributed by atoms with Crippen LogP contribution in [0.2, 0.25) is 0 Å². The van der Waals surface area contributed by atoms with Crippen LogP contribution in [0, 0.1) is 16.0 Å². The van der Waals surface area contributed by atoms with Gasteiger partial charge in [-0.15, -0.1) is 0 Å². The third-order valence-electron chi connectivity index (χ3n) is 3.08. The van der Waals surface area contributed by atoms with Crippen molar-refractivity contribution in [3.05, 3.63) is 22.5 Å². The smallest absolute Gasteiger partial charge is 0.305 e. The molecule has 0 spiro atoms. The molecule has 0 aromatic carbocycles. The molecule has 1 aliphatic rings. The van der Waals surface area contributed by atoms with Crippen LogP contribution in [0.4, 0.5) is 11.6 Å². The van der Waals surface area contributed by atoms with Gasteiger partial charge in [-0.3, -0.25) is 10.1 Å². The fourth-order valence-corrected chi connectivity index (χ4v) is 3.04. The Morgan fingerprint density at radius 3 is 2.55 bits per heavy atom. The maximum atomic E-state index is 11.5. The van der Waals surface area contributed by atoms with Gasteiger partial charge in [-0.05, 0) is 6.92 Å². The van der Waals surface area contributed by atoms with Gasteiger partial charge in [0.2, 0.25) is 16.0 Å². The van der Waals surface area contributed by atoms with Crippen molar-refractivity contribution in [2.24, 2.45) is 5.92 Å². The number of anilines is 1. The molecule has 0 amide bonds. The molecular weight excluding hydrogens is 286 g/mol. The van der Waals surface area contributed by atoms with Crippen LogP contribution in [0.15, 0.2) is 12.4 Å². The lowest BCUT2D eigenvalue weighted by molar-refractivity contribution is -0.385. The lowest BCUT2D eigenvalue weighted by Gasteiger charge is -2.37. The molecule has 1 N–H and O–H groups in total. The van der Waals surface area contributed by atoms with E-state index in [2.05, 4.69) is 15.3 Å². The first-order valence-electron chi connectivity index (χ1n) is 6.10. The second-order valence-electron chi connectivity index (χ2n) is 4.49. The van der Waals surface area contributed by atoms with E-state index in [1.165, 1.54) is 4.31 Å². The van der Waals surface area contributed by atoms with Gasteiger partial charge in [0.05, 0.1) is 10.7 Å². The van der Waals surface area contributed by atoms with Gasteiger partial charge in [-0.2, -0.15) is 0 Å². The summed E-state index contributed by atoms with van der Waals surface area (Å²) >= 11 is 0. The van der Waals surface area contributed by atoms with Crippen molar-refractivity contribution in [2.75, 3.05) is 30.7 Å². The Kier molecular flexibility index (Phi) is 4.14. The zero-order valence-electron chi connectivity index (χ0n) is 10.9. The van der Waals surface area contributed by atoms with Crippen LogP contribution in [0.3, 0.4) is 0 Å². The Bertz CT molecular complexity index is 582. The highest BCUT2D eigenvalue weighted by atomic mass is 32.2. The molecule has 110 valence electrons. The summed E-state index contributed by atoms with van der Waals surface area (Å²) in [6.07, 6.45) is 2.26. The fraction of sp³-hybridized carbons (Fsp3) is 0.600. The average molecular weight is 301 g/mol. The van der Waals surface area contributed by atoms with Crippen LogP contribution in [0.1, 0.15) is 6.92 Å². The Morgan fingerprint density at radius 2 is 2.05 bits per heavy atom. The van der Waals surface area contributed by atoms with E-state index in [9.17, 15) is 18.5 Å². The number of hydrogen-bond donors (Lipinski definition) is 1. The molecule has 20 heavy (non-hydrogen) atoms. The van der Waals surface area contributed by atoms with Gasteiger partial charge < -0.3 is 5.32 Å². The van der Waals surface area contributed by atoms with Crippen LogP contribution in [0.5, 0.6) is 0 Å². The Balaban J connectivity index is 1.79. The molecule has 0 saturated carbocycles. The second kappa shape index (κ2) is 5.67. The number of nitrogens with zero attached hydrogens (tertiary/aromatic N) is 4. The second-order valence-corrected chi connectivity index (χ2v) is 6.74. The molecule has 1 aromatic heterocycles. The minimum atomic E-state index is -3.09. The SMILES string of the molecule is CCS(=O)(=O)N1CC(CNc2ncc([N+](=O)[O-])cn2)C1. The van der Waals surface area contributed by atoms with E-state index in [1.807, 2.05) is 0 Å². The quantitative estimate of drug-likeness (QED) is 0.583. The number of nitrogens with one attached hydrogen (secondary N) is 1. The molecule has 9 nitrogen and oxygen atoms in total. The van der Waals surface area contributed by atoms with Crippen molar-refractivity contribution in [2.45, 2.75) is 6.92 Å². The van der Waals surface area contributed by atoms with Gasteiger partial charge in [-0.1, -0.05) is 0 Å². The van der Waals surface area contributed by atoms with Crippen molar-refractivity contribution in [3.63, 3.8) is 0 Å². The Labute approximate surface area is 116 Å². The van der Waals surface area contributed by atoms with Gasteiger partial charge in [0.15, 0.2) is 0 Å². The molecular formula is C10H15N5O4S. The summed E-state index contributed by atoms with van der Waals surface area (Å²) in [6, 6.07) is 0. The standard InChI is InChI=1S/C10H15N5O4S/c1-2-20(18,19)14-6-8(7-14)3-11-10-12-4-9(5-13-10)15(16)17/h4-5,8H,2-3,6-7H2,1H3,(H,11,12,13). The largest absolute Gasteiger partial charge is 0.354 e. The highest BCUT2D eigenvalue weighted by Crippen LogP contribution is 2.20. The van der Waals surface area contributed by atoms with E-state index in [0.717, 1.165) is 12.4 Å². The number of hydrogen-bond acceptors (Lipinski definition) is 7. The summed E-state index contributed by atoms with van der Waals surface area (Å²) in [7, 11) is -3.09. The molecule has 2 rings (SSSR count). The van der Waals surface area contributed by atoms with Gasteiger partial charge in [0.25, 0.3) is 0 Å². The van der Waals surface area contributed by atoms with Crippen molar-refractivity contribution < 1.29 is 13.3 Å². The third kappa shape index (κ3) is 3.20. The molecule has 1 fully saturated rings. The van der Waals surface area contributed by atoms with E-state index in [0.29, 0.717) is 25.6 Å². The minimum Gasteiger partial charge on any atom is -0.354 e. The molecule has 10 heteroatoms. The molecule has 0 atom stereocenters. The van der Waals surface area contributed by atoms with Gasteiger partial charge in [0.1, 0.15) is 12.4 Å². The number of nitro groups is 1. The topological polar surface area (TPSA) is 118 Å². The van der Waals surface area contributed by atoms with E-state index >= 15 is 0 Å². The first kappa shape index (κ1) is 14.6. The summed E-state index contributed by atoms with van der Waals surface area (Å²) in [4.78, 5) is 17.5. The molecule has 2 heterocycles. The predicted molar refractivity (Wildman–Crippen MR) is 71.7 cm³/mol. The molecule has 1 aromatic rings.